The van der Waals surface area contributed by atoms with Crippen LogP contribution in [0.4, 0.5) is 0 Å². The Balaban J connectivity index is 2.60. The highest BCUT2D eigenvalue weighted by molar-refractivity contribution is 5.87. The van der Waals surface area contributed by atoms with Gasteiger partial charge in [0.2, 0.25) is 0 Å². The van der Waals surface area contributed by atoms with Crippen LogP contribution in [0.2, 0.25) is 0 Å². The van der Waals surface area contributed by atoms with Crippen molar-refractivity contribution >= 4 is 11.8 Å². The zero-order valence-corrected chi connectivity index (χ0v) is 13.0. The number of ketones is 1. The molecule has 20 heavy (non-hydrogen) atoms. The number of hydrogen-bond acceptors (Lipinski definition) is 5. The van der Waals surface area contributed by atoms with Crippen LogP contribution >= 0.6 is 0 Å². The third-order valence-electron chi connectivity index (χ3n) is 4.10. The third kappa shape index (κ3) is 4.87. The zero-order chi connectivity index (χ0) is 15.1. The fraction of sp³-hybridized carbons (Fsp3) is 0.867. The number of nitrogens with one attached hydrogen (secondary N) is 1. The number of esters is 1. The van der Waals surface area contributed by atoms with Crippen molar-refractivity contribution in [3.63, 3.8) is 0 Å². The van der Waals surface area contributed by atoms with E-state index in [1.165, 1.54) is 6.92 Å². The van der Waals surface area contributed by atoms with Gasteiger partial charge in [-0.05, 0) is 39.5 Å². The first-order valence-corrected chi connectivity index (χ1v) is 7.45. The highest BCUT2D eigenvalue weighted by Gasteiger charge is 2.32. The number of methoxy groups -OCH3 is 1. The average molecular weight is 285 g/mol. The molecule has 1 N–H and O–H groups in total. The van der Waals surface area contributed by atoms with Gasteiger partial charge in [-0.3, -0.25) is 9.59 Å². The smallest absolute Gasteiger partial charge is 0.323 e. The summed E-state index contributed by atoms with van der Waals surface area (Å²) < 4.78 is 10.4. The van der Waals surface area contributed by atoms with Gasteiger partial charge in [0.25, 0.3) is 0 Å². The topological polar surface area (TPSA) is 64.6 Å². The first-order valence-electron chi connectivity index (χ1n) is 7.45. The van der Waals surface area contributed by atoms with Gasteiger partial charge < -0.3 is 14.8 Å². The van der Waals surface area contributed by atoms with E-state index in [0.29, 0.717) is 12.7 Å². The van der Waals surface area contributed by atoms with Crippen LogP contribution in [0.5, 0.6) is 0 Å². The molecule has 1 aliphatic carbocycles. The molecule has 0 aliphatic heterocycles. The van der Waals surface area contributed by atoms with E-state index < -0.39 is 6.04 Å². The summed E-state index contributed by atoms with van der Waals surface area (Å²) >= 11 is 0. The van der Waals surface area contributed by atoms with Gasteiger partial charge >= 0.3 is 5.97 Å². The second-order valence-electron chi connectivity index (χ2n) is 5.51. The van der Waals surface area contributed by atoms with Gasteiger partial charge in [-0.1, -0.05) is 6.92 Å². The summed E-state index contributed by atoms with van der Waals surface area (Å²) in [5.41, 5.74) is 0. The van der Waals surface area contributed by atoms with Crippen LogP contribution in [-0.4, -0.2) is 43.7 Å². The molecule has 5 nitrogen and oxygen atoms in total. The SMILES string of the molecule is CCOC(=O)[C@@H](NC1CCC(OC)CC1)[C@H](C)C(C)=O. The van der Waals surface area contributed by atoms with Gasteiger partial charge in [-0.25, -0.2) is 0 Å². The van der Waals surface area contributed by atoms with E-state index in [9.17, 15) is 9.59 Å². The number of carbonyl (C=O) groups excluding carboxylic acids is 2. The second kappa shape index (κ2) is 8.37. The molecule has 0 unspecified atom stereocenters. The average Bonchev–Trinajstić information content (AvgIpc) is 2.44. The molecule has 1 fully saturated rings. The van der Waals surface area contributed by atoms with Crippen LogP contribution in [0.1, 0.15) is 46.5 Å². The van der Waals surface area contributed by atoms with Gasteiger partial charge in [0.05, 0.1) is 12.7 Å². The Labute approximate surface area is 121 Å². The minimum Gasteiger partial charge on any atom is -0.465 e. The van der Waals surface area contributed by atoms with Crippen LogP contribution in [0.3, 0.4) is 0 Å². The monoisotopic (exact) mass is 285 g/mol. The quantitative estimate of drug-likeness (QED) is 0.721. The third-order valence-corrected chi connectivity index (χ3v) is 4.10. The lowest BCUT2D eigenvalue weighted by molar-refractivity contribution is -0.149. The number of ether oxygens (including phenoxy) is 2. The standard InChI is InChI=1S/C15H27NO4/c1-5-20-15(18)14(10(2)11(3)17)16-12-6-8-13(19-4)9-7-12/h10,12-14,16H,5-9H2,1-4H3/t10-,12?,13?,14+/m1/s1. The molecular formula is C15H27NO4. The maximum Gasteiger partial charge on any atom is 0.323 e. The molecule has 0 aromatic carbocycles. The van der Waals surface area contributed by atoms with E-state index in [-0.39, 0.29) is 23.7 Å². The Bertz CT molecular complexity index is 324. The van der Waals surface area contributed by atoms with Crippen LogP contribution in [0.25, 0.3) is 0 Å². The Morgan fingerprint density at radius 1 is 1.25 bits per heavy atom. The molecule has 116 valence electrons. The first-order chi connectivity index (χ1) is 9.49. The lowest BCUT2D eigenvalue weighted by atomic mass is 9.90. The summed E-state index contributed by atoms with van der Waals surface area (Å²) in [6.45, 7) is 5.40. The maximum atomic E-state index is 12.0. The van der Waals surface area contributed by atoms with Crippen molar-refractivity contribution < 1.29 is 19.1 Å². The van der Waals surface area contributed by atoms with E-state index in [2.05, 4.69) is 5.32 Å². The predicted molar refractivity (Wildman–Crippen MR) is 76.5 cm³/mol. The fourth-order valence-corrected chi connectivity index (χ4v) is 2.60. The van der Waals surface area contributed by atoms with Crippen molar-refractivity contribution in [1.82, 2.24) is 5.32 Å². The van der Waals surface area contributed by atoms with Gasteiger partial charge in [-0.15, -0.1) is 0 Å². The number of hydrogen-bond donors (Lipinski definition) is 1. The molecule has 0 aromatic heterocycles. The normalized spacial score (nSPS) is 25.8. The van der Waals surface area contributed by atoms with Crippen LogP contribution in [0.15, 0.2) is 0 Å². The van der Waals surface area contributed by atoms with Gasteiger partial charge in [0.15, 0.2) is 0 Å². The van der Waals surface area contributed by atoms with Crippen molar-refractivity contribution in [2.24, 2.45) is 5.92 Å². The second-order valence-corrected chi connectivity index (χ2v) is 5.51. The summed E-state index contributed by atoms with van der Waals surface area (Å²) in [5.74, 6) is -0.695. The van der Waals surface area contributed by atoms with Gasteiger partial charge in [0, 0.05) is 19.1 Å². The van der Waals surface area contributed by atoms with Crippen LogP contribution in [0, 0.1) is 5.92 Å². The lowest BCUT2D eigenvalue weighted by Gasteiger charge is -2.32. The summed E-state index contributed by atoms with van der Waals surface area (Å²) in [6, 6.07) is -0.297. The molecule has 5 heteroatoms. The Morgan fingerprint density at radius 2 is 1.85 bits per heavy atom. The molecule has 0 saturated heterocycles. The number of Topliss-reactive ketones (excluding diaryl/α,β-unsaturated/α-hetero) is 1. The molecule has 2 atom stereocenters. The molecular weight excluding hydrogens is 258 g/mol. The van der Waals surface area contributed by atoms with Crippen molar-refractivity contribution in [3.05, 3.63) is 0 Å². The van der Waals surface area contributed by atoms with E-state index in [1.807, 2.05) is 0 Å². The van der Waals surface area contributed by atoms with Crippen molar-refractivity contribution in [1.29, 1.82) is 0 Å². The summed E-state index contributed by atoms with van der Waals surface area (Å²) in [7, 11) is 1.73. The summed E-state index contributed by atoms with van der Waals surface area (Å²) in [5, 5.41) is 3.32. The van der Waals surface area contributed by atoms with E-state index in [1.54, 1.807) is 21.0 Å². The molecule has 0 spiro atoms. The van der Waals surface area contributed by atoms with Gasteiger partial charge in [0.1, 0.15) is 11.8 Å². The first kappa shape index (κ1) is 17.1. The van der Waals surface area contributed by atoms with Crippen molar-refractivity contribution in [2.75, 3.05) is 13.7 Å². The molecule has 1 saturated carbocycles. The van der Waals surface area contributed by atoms with Crippen molar-refractivity contribution in [3.8, 4) is 0 Å². The number of rotatable bonds is 7. The summed E-state index contributed by atoms with van der Waals surface area (Å²) in [6.07, 6.45) is 4.20. The minimum absolute atomic E-state index is 0.00105. The highest BCUT2D eigenvalue weighted by atomic mass is 16.5. The molecule has 0 heterocycles. The Kier molecular flexibility index (Phi) is 7.16. The summed E-state index contributed by atoms with van der Waals surface area (Å²) in [4.78, 5) is 23.6. The fourth-order valence-electron chi connectivity index (χ4n) is 2.60. The predicted octanol–water partition coefficient (Wildman–Crippen LogP) is 1.69. The van der Waals surface area contributed by atoms with E-state index >= 15 is 0 Å². The maximum absolute atomic E-state index is 12.0. The van der Waals surface area contributed by atoms with E-state index in [0.717, 1.165) is 25.7 Å². The van der Waals surface area contributed by atoms with E-state index in [4.69, 9.17) is 9.47 Å². The molecule has 0 bridgehead atoms. The Hall–Kier alpha value is -0.940. The van der Waals surface area contributed by atoms with Crippen LogP contribution < -0.4 is 5.32 Å². The molecule has 0 amide bonds. The highest BCUT2D eigenvalue weighted by Crippen LogP contribution is 2.22. The molecule has 0 aromatic rings. The molecule has 1 rings (SSSR count). The molecule has 0 radical (unpaired) electrons. The van der Waals surface area contributed by atoms with Crippen molar-refractivity contribution in [2.45, 2.75) is 64.6 Å². The minimum atomic E-state index is -0.545. The largest absolute Gasteiger partial charge is 0.465 e. The number of carbonyl (C=O) groups is 2. The zero-order valence-electron chi connectivity index (χ0n) is 13.0. The van der Waals surface area contributed by atoms with Crippen LogP contribution in [-0.2, 0) is 19.1 Å². The molecule has 1 aliphatic rings. The lowest BCUT2D eigenvalue weighted by Crippen LogP contribution is -2.50. The Morgan fingerprint density at radius 3 is 2.30 bits per heavy atom. The van der Waals surface area contributed by atoms with Gasteiger partial charge in [-0.2, -0.15) is 0 Å².